The molecule has 3 aromatic rings. The van der Waals surface area contributed by atoms with Crippen molar-refractivity contribution in [2.24, 2.45) is 0 Å². The number of nitro groups is 1. The molecule has 6 nitrogen and oxygen atoms in total. The summed E-state index contributed by atoms with van der Waals surface area (Å²) in [5.74, 6) is -0.775. The van der Waals surface area contributed by atoms with E-state index in [1.54, 1.807) is 25.3 Å². The van der Waals surface area contributed by atoms with Gasteiger partial charge in [-0.25, -0.2) is 4.39 Å². The van der Waals surface area contributed by atoms with E-state index in [4.69, 9.17) is 4.74 Å². The zero-order chi connectivity index (χ0) is 16.4. The van der Waals surface area contributed by atoms with E-state index in [2.05, 4.69) is 9.97 Å². The van der Waals surface area contributed by atoms with Gasteiger partial charge in [0.1, 0.15) is 18.1 Å². The lowest BCUT2D eigenvalue weighted by molar-refractivity contribution is -0.390. The molecule has 23 heavy (non-hydrogen) atoms. The predicted molar refractivity (Wildman–Crippen MR) is 81.6 cm³/mol. The van der Waals surface area contributed by atoms with E-state index < -0.39 is 16.8 Å². The fourth-order valence-corrected chi connectivity index (χ4v) is 2.36. The van der Waals surface area contributed by atoms with Crippen LogP contribution in [0.2, 0.25) is 0 Å². The molecule has 2 heterocycles. The summed E-state index contributed by atoms with van der Waals surface area (Å²) in [7, 11) is 0. The summed E-state index contributed by atoms with van der Waals surface area (Å²) in [5.41, 5.74) is 1.10. The third kappa shape index (κ3) is 2.94. The van der Waals surface area contributed by atoms with Crippen LogP contribution in [0.3, 0.4) is 0 Å². The molecule has 7 heteroatoms. The van der Waals surface area contributed by atoms with E-state index >= 15 is 0 Å². The highest BCUT2D eigenvalue weighted by Crippen LogP contribution is 2.31. The SMILES string of the molecule is C[C@H](Oc1cccnc1[N+](=O)[O-])c1cc(F)cc2cccnc12. The fraction of sp³-hybridized carbons (Fsp3) is 0.125. The van der Waals surface area contributed by atoms with Gasteiger partial charge in [0.25, 0.3) is 0 Å². The summed E-state index contributed by atoms with van der Waals surface area (Å²) in [4.78, 5) is 18.3. The number of hydrogen-bond acceptors (Lipinski definition) is 5. The van der Waals surface area contributed by atoms with E-state index in [-0.39, 0.29) is 11.6 Å². The van der Waals surface area contributed by atoms with E-state index in [0.717, 1.165) is 0 Å². The molecular weight excluding hydrogens is 301 g/mol. The lowest BCUT2D eigenvalue weighted by Gasteiger charge is -2.16. The second-order valence-electron chi connectivity index (χ2n) is 4.91. The Balaban J connectivity index is 2.02. The van der Waals surface area contributed by atoms with Crippen LogP contribution < -0.4 is 4.74 Å². The van der Waals surface area contributed by atoms with Gasteiger partial charge in [-0.1, -0.05) is 6.07 Å². The first kappa shape index (κ1) is 14.8. The molecule has 0 unspecified atom stereocenters. The quantitative estimate of drug-likeness (QED) is 0.540. The number of rotatable bonds is 4. The molecule has 0 amide bonds. The molecule has 0 aliphatic rings. The fourth-order valence-electron chi connectivity index (χ4n) is 2.36. The van der Waals surface area contributed by atoms with E-state index in [1.165, 1.54) is 30.5 Å². The summed E-state index contributed by atoms with van der Waals surface area (Å²) >= 11 is 0. The van der Waals surface area contributed by atoms with Crippen LogP contribution in [0.25, 0.3) is 10.9 Å². The first-order valence-electron chi connectivity index (χ1n) is 6.86. The van der Waals surface area contributed by atoms with Gasteiger partial charge in [0.15, 0.2) is 0 Å². The second-order valence-corrected chi connectivity index (χ2v) is 4.91. The molecule has 0 saturated carbocycles. The first-order valence-corrected chi connectivity index (χ1v) is 6.86. The van der Waals surface area contributed by atoms with Crippen molar-refractivity contribution in [2.45, 2.75) is 13.0 Å². The Bertz CT molecular complexity index is 885. The van der Waals surface area contributed by atoms with Crippen molar-refractivity contribution in [1.82, 2.24) is 9.97 Å². The van der Waals surface area contributed by atoms with Gasteiger partial charge in [-0.2, -0.15) is 0 Å². The summed E-state index contributed by atoms with van der Waals surface area (Å²) in [6, 6.07) is 9.15. The van der Waals surface area contributed by atoms with Gasteiger partial charge in [0, 0.05) is 17.1 Å². The van der Waals surface area contributed by atoms with Gasteiger partial charge in [-0.05, 0) is 47.2 Å². The first-order chi connectivity index (χ1) is 11.1. The van der Waals surface area contributed by atoms with Gasteiger partial charge in [-0.15, -0.1) is 0 Å². The monoisotopic (exact) mass is 313 g/mol. The Morgan fingerprint density at radius 2 is 1.96 bits per heavy atom. The number of pyridine rings is 2. The lowest BCUT2D eigenvalue weighted by atomic mass is 10.1. The smallest absolute Gasteiger partial charge is 0.406 e. The highest BCUT2D eigenvalue weighted by Gasteiger charge is 2.20. The number of benzene rings is 1. The van der Waals surface area contributed by atoms with Crippen molar-refractivity contribution in [2.75, 3.05) is 0 Å². The van der Waals surface area contributed by atoms with Crippen LogP contribution in [-0.2, 0) is 0 Å². The minimum Gasteiger partial charge on any atom is -0.478 e. The van der Waals surface area contributed by atoms with Crippen LogP contribution in [-0.4, -0.2) is 14.9 Å². The molecule has 0 aliphatic heterocycles. The zero-order valence-corrected chi connectivity index (χ0v) is 12.1. The molecule has 116 valence electrons. The zero-order valence-electron chi connectivity index (χ0n) is 12.1. The summed E-state index contributed by atoms with van der Waals surface area (Å²) in [6.45, 7) is 1.68. The molecular formula is C16H12FN3O3. The van der Waals surface area contributed by atoms with Gasteiger partial charge in [0.05, 0.1) is 5.52 Å². The Labute approximate surface area is 130 Å². The third-order valence-corrected chi connectivity index (χ3v) is 3.36. The molecule has 1 atom stereocenters. The maximum atomic E-state index is 13.8. The molecule has 2 aromatic heterocycles. The van der Waals surface area contributed by atoms with Gasteiger partial charge < -0.3 is 14.9 Å². The highest BCUT2D eigenvalue weighted by molar-refractivity contribution is 5.82. The molecule has 3 rings (SSSR count). The van der Waals surface area contributed by atoms with Crippen LogP contribution in [0.4, 0.5) is 10.2 Å². The standard InChI is InChI=1S/C16H12FN3O3/c1-10(23-14-5-3-7-19-16(14)20(21)22)13-9-12(17)8-11-4-2-6-18-15(11)13/h2-10H,1H3/t10-/m0/s1. The van der Waals surface area contributed by atoms with Crippen molar-refractivity contribution in [3.63, 3.8) is 0 Å². The largest absolute Gasteiger partial charge is 0.478 e. The summed E-state index contributed by atoms with van der Waals surface area (Å²) < 4.78 is 19.4. The molecule has 0 N–H and O–H groups in total. The van der Waals surface area contributed by atoms with Crippen molar-refractivity contribution < 1.29 is 14.1 Å². The molecule has 0 radical (unpaired) electrons. The van der Waals surface area contributed by atoms with Crippen molar-refractivity contribution in [3.05, 3.63) is 70.3 Å². The van der Waals surface area contributed by atoms with Crippen LogP contribution in [0, 0.1) is 15.9 Å². The van der Waals surface area contributed by atoms with Crippen LogP contribution in [0.15, 0.2) is 48.8 Å². The number of fused-ring (bicyclic) bond motifs is 1. The Morgan fingerprint density at radius 3 is 2.74 bits per heavy atom. The topological polar surface area (TPSA) is 78.2 Å². The van der Waals surface area contributed by atoms with Crippen molar-refractivity contribution >= 4 is 16.7 Å². The van der Waals surface area contributed by atoms with E-state index in [9.17, 15) is 14.5 Å². The van der Waals surface area contributed by atoms with Crippen molar-refractivity contribution in [3.8, 4) is 5.75 Å². The Kier molecular flexibility index (Phi) is 3.84. The minimum absolute atomic E-state index is 0.0262. The average molecular weight is 313 g/mol. The lowest BCUT2D eigenvalue weighted by Crippen LogP contribution is -2.07. The normalized spacial score (nSPS) is 12.1. The Hall–Kier alpha value is -3.09. The average Bonchev–Trinajstić information content (AvgIpc) is 2.54. The minimum atomic E-state index is -0.633. The second kappa shape index (κ2) is 5.96. The number of hydrogen-bond donors (Lipinski definition) is 0. The number of ether oxygens (including phenoxy) is 1. The molecule has 0 spiro atoms. The number of nitrogens with zero attached hydrogens (tertiary/aromatic N) is 3. The highest BCUT2D eigenvalue weighted by atomic mass is 19.1. The van der Waals surface area contributed by atoms with E-state index in [0.29, 0.717) is 16.5 Å². The molecule has 0 bridgehead atoms. The molecule has 1 aromatic carbocycles. The molecule has 0 saturated heterocycles. The van der Waals surface area contributed by atoms with Gasteiger partial charge in [0.2, 0.25) is 5.75 Å². The maximum absolute atomic E-state index is 13.8. The van der Waals surface area contributed by atoms with Gasteiger partial charge >= 0.3 is 5.82 Å². The summed E-state index contributed by atoms with van der Waals surface area (Å²) in [5, 5.41) is 11.6. The van der Waals surface area contributed by atoms with Gasteiger partial charge in [-0.3, -0.25) is 4.98 Å². The van der Waals surface area contributed by atoms with Crippen LogP contribution in [0.5, 0.6) is 5.75 Å². The van der Waals surface area contributed by atoms with Crippen molar-refractivity contribution in [1.29, 1.82) is 0 Å². The van der Waals surface area contributed by atoms with E-state index in [1.807, 2.05) is 0 Å². The van der Waals surface area contributed by atoms with Crippen LogP contribution in [0.1, 0.15) is 18.6 Å². The Morgan fingerprint density at radius 1 is 1.22 bits per heavy atom. The molecule has 0 fully saturated rings. The number of halogens is 1. The molecule has 0 aliphatic carbocycles. The number of aromatic nitrogens is 2. The predicted octanol–water partition coefficient (Wildman–Crippen LogP) is 3.82. The van der Waals surface area contributed by atoms with Crippen LogP contribution >= 0.6 is 0 Å². The summed E-state index contributed by atoms with van der Waals surface area (Å²) in [6.07, 6.45) is 2.28. The third-order valence-electron chi connectivity index (χ3n) is 3.36. The maximum Gasteiger partial charge on any atom is 0.406 e.